The molecular weight excluding hydrogens is 829 g/mol. The number of aromatic amines is 2. The molecule has 17 nitrogen and oxygen atoms in total. The predicted molar refractivity (Wildman–Crippen MR) is 244 cm³/mol. The summed E-state index contributed by atoms with van der Waals surface area (Å²) in [6.45, 7) is 7.56. The van der Waals surface area contributed by atoms with Crippen LogP contribution in [0, 0.1) is 5.92 Å². The average Bonchev–Trinajstić information content (AvgIpc) is 4.17. The van der Waals surface area contributed by atoms with Crippen molar-refractivity contribution in [2.45, 2.75) is 83.6 Å². The molecule has 4 atom stereocenters. The number of ether oxygens (including phenoxy) is 1. The van der Waals surface area contributed by atoms with Crippen molar-refractivity contribution >= 4 is 30.0 Å². The molecule has 0 saturated carbocycles. The fourth-order valence-corrected chi connectivity index (χ4v) is 8.63. The van der Waals surface area contributed by atoms with Crippen molar-refractivity contribution in [2.75, 3.05) is 33.8 Å². The number of carbonyl (C=O) groups is 5. The van der Waals surface area contributed by atoms with E-state index in [4.69, 9.17) is 9.72 Å². The van der Waals surface area contributed by atoms with E-state index in [1.807, 2.05) is 81.4 Å². The zero-order valence-corrected chi connectivity index (χ0v) is 37.5. The molecule has 2 aliphatic rings. The molecule has 4 heterocycles. The van der Waals surface area contributed by atoms with Crippen molar-refractivity contribution in [2.24, 2.45) is 5.92 Å². The minimum atomic E-state index is -1.19. The maximum atomic E-state index is 14.2. The van der Waals surface area contributed by atoms with Crippen molar-refractivity contribution in [3.63, 3.8) is 0 Å². The number of hydrogen-bond acceptors (Lipinski definition) is 8. The summed E-state index contributed by atoms with van der Waals surface area (Å²) in [4.78, 5) is 84.6. The lowest BCUT2D eigenvalue weighted by atomic mass is 10.0. The number of H-pyrrole nitrogens is 2. The Morgan fingerprint density at radius 3 is 1.72 bits per heavy atom. The molecule has 2 aliphatic heterocycles. The summed E-state index contributed by atoms with van der Waals surface area (Å²) in [5.74, 6) is 0.805. The van der Waals surface area contributed by atoms with Gasteiger partial charge in [0.05, 0.1) is 43.0 Å². The number of aromatic nitrogens is 4. The molecule has 0 bridgehead atoms. The van der Waals surface area contributed by atoms with E-state index < -0.39 is 24.3 Å². The smallest absolute Gasteiger partial charge is 0.407 e. The van der Waals surface area contributed by atoms with Gasteiger partial charge in [0.25, 0.3) is 0 Å². The molecule has 0 spiro atoms. The number of urea groups is 1. The summed E-state index contributed by atoms with van der Waals surface area (Å²) in [7, 11) is 2.71. The highest BCUT2D eigenvalue weighted by molar-refractivity contribution is 5.87. The largest absolute Gasteiger partial charge is 0.465 e. The Morgan fingerprint density at radius 1 is 0.754 bits per heavy atom. The highest BCUT2D eigenvalue weighted by Crippen LogP contribution is 2.35. The molecule has 5 aromatic rings. The molecule has 17 heteroatoms. The summed E-state index contributed by atoms with van der Waals surface area (Å²) in [5, 5.41) is 18.1. The fraction of sp³-hybridized carbons (Fsp3) is 0.396. The number of nitrogens with one attached hydrogen (secondary N) is 5. The Balaban J connectivity index is 0.985. The number of hydrogen-bond donors (Lipinski definition) is 6. The number of amides is 6. The van der Waals surface area contributed by atoms with Crippen LogP contribution in [0.15, 0.2) is 85.2 Å². The van der Waals surface area contributed by atoms with Crippen LogP contribution in [0.5, 0.6) is 0 Å². The average molecular weight is 887 g/mol. The first-order valence-corrected chi connectivity index (χ1v) is 22.2. The molecule has 342 valence electrons. The number of rotatable bonds is 15. The molecule has 7 rings (SSSR count). The molecule has 3 aromatic carbocycles. The number of methoxy groups -OCH3 is 1. The number of carboxylic acid groups (broad SMARTS) is 1. The highest BCUT2D eigenvalue weighted by Gasteiger charge is 2.39. The van der Waals surface area contributed by atoms with E-state index in [0.717, 1.165) is 68.9 Å². The van der Waals surface area contributed by atoms with Gasteiger partial charge >= 0.3 is 18.2 Å². The molecule has 2 aromatic heterocycles. The zero-order valence-electron chi connectivity index (χ0n) is 37.5. The van der Waals surface area contributed by atoms with Crippen LogP contribution in [0.25, 0.3) is 33.6 Å². The lowest BCUT2D eigenvalue weighted by molar-refractivity contribution is -0.137. The van der Waals surface area contributed by atoms with Crippen molar-refractivity contribution < 1.29 is 33.8 Å². The zero-order chi connectivity index (χ0) is 46.2. The van der Waals surface area contributed by atoms with Gasteiger partial charge in [0.15, 0.2) is 0 Å². The third-order valence-corrected chi connectivity index (χ3v) is 12.3. The summed E-state index contributed by atoms with van der Waals surface area (Å²) >= 11 is 0. The van der Waals surface area contributed by atoms with Gasteiger partial charge in [0, 0.05) is 39.6 Å². The summed E-state index contributed by atoms with van der Waals surface area (Å²) in [6.07, 6.45) is 4.98. The van der Waals surface area contributed by atoms with Gasteiger partial charge in [0.2, 0.25) is 11.8 Å². The van der Waals surface area contributed by atoms with E-state index in [-0.39, 0.29) is 42.3 Å². The van der Waals surface area contributed by atoms with Gasteiger partial charge in [-0.15, -0.1) is 0 Å². The standard InChI is InChI=1S/C48H58N10O7/c1-6-49-46(61)52-26-31-13-11-30(12-14-31)25-40(56(4)48(63)64)44(59)57-23-7-9-38(57)42-50-27-36(53-42)34-19-15-32(16-20-34)33-17-21-35(22-18-33)37-28-51-43(54-37)39-10-8-24-58(39)45(60)41(29(2)3)55-47(62)65-5/h11-22,27-29,38-41H,6-10,23-26H2,1-5H3,(H,50,53)(H,51,54)(H,55,62)(H,63,64)(H2,49,52,61)/t38-,39?,40-,41-/m0/s1. The Morgan fingerprint density at radius 2 is 1.25 bits per heavy atom. The molecular formula is C48H58N10O7. The second-order valence-corrected chi connectivity index (χ2v) is 16.9. The van der Waals surface area contributed by atoms with Crippen LogP contribution in [0.3, 0.4) is 0 Å². The first-order chi connectivity index (χ1) is 31.3. The van der Waals surface area contributed by atoms with Crippen LogP contribution in [-0.2, 0) is 27.3 Å². The van der Waals surface area contributed by atoms with Crippen molar-refractivity contribution in [1.82, 2.24) is 50.6 Å². The number of likely N-dealkylation sites (tertiary alicyclic amines) is 2. The van der Waals surface area contributed by atoms with Crippen molar-refractivity contribution in [3.8, 4) is 33.6 Å². The molecule has 2 saturated heterocycles. The summed E-state index contributed by atoms with van der Waals surface area (Å²) in [6, 6.07) is 21.3. The van der Waals surface area contributed by atoms with Crippen LogP contribution >= 0.6 is 0 Å². The highest BCUT2D eigenvalue weighted by atomic mass is 16.5. The molecule has 1 unspecified atom stereocenters. The Hall–Kier alpha value is -7.17. The monoisotopic (exact) mass is 886 g/mol. The van der Waals surface area contributed by atoms with E-state index in [0.29, 0.717) is 44.2 Å². The van der Waals surface area contributed by atoms with E-state index in [1.54, 1.807) is 22.2 Å². The topological polar surface area (TPSA) is 218 Å². The lowest BCUT2D eigenvalue weighted by Crippen LogP contribution is -2.51. The maximum absolute atomic E-state index is 14.2. The van der Waals surface area contributed by atoms with Gasteiger partial charge in [-0.2, -0.15) is 0 Å². The number of nitrogens with zero attached hydrogens (tertiary/aromatic N) is 5. The van der Waals surface area contributed by atoms with Gasteiger partial charge in [-0.1, -0.05) is 86.6 Å². The SMILES string of the molecule is CCNC(=O)NCc1ccc(C[C@@H](C(=O)N2CCC[C@H]2c2ncc(-c3ccc(-c4ccc(-c5cnc(C6CCCN6C(=O)[C@@H](NC(=O)OC)C(C)C)[nH]5)cc4)cc3)[nH]2)N(C)C(=O)O)cc1. The second-order valence-electron chi connectivity index (χ2n) is 16.9. The van der Waals surface area contributed by atoms with Gasteiger partial charge in [0.1, 0.15) is 23.7 Å². The van der Waals surface area contributed by atoms with Crippen LogP contribution in [0.1, 0.15) is 81.3 Å². The first kappa shape index (κ1) is 45.8. The van der Waals surface area contributed by atoms with Crippen molar-refractivity contribution in [1.29, 1.82) is 0 Å². The van der Waals surface area contributed by atoms with Crippen LogP contribution in [-0.4, -0.2) is 116 Å². The van der Waals surface area contributed by atoms with E-state index in [9.17, 15) is 29.1 Å². The van der Waals surface area contributed by atoms with Gasteiger partial charge in [-0.3, -0.25) is 14.5 Å². The molecule has 65 heavy (non-hydrogen) atoms. The number of alkyl carbamates (subject to hydrolysis) is 1. The lowest BCUT2D eigenvalue weighted by Gasteiger charge is -2.32. The van der Waals surface area contributed by atoms with Gasteiger partial charge in [-0.05, 0) is 71.9 Å². The fourth-order valence-electron chi connectivity index (χ4n) is 8.63. The van der Waals surface area contributed by atoms with Gasteiger partial charge < -0.3 is 45.6 Å². The molecule has 0 radical (unpaired) electrons. The van der Waals surface area contributed by atoms with Crippen LogP contribution in [0.4, 0.5) is 14.4 Å². The minimum Gasteiger partial charge on any atom is -0.465 e. The molecule has 0 aliphatic carbocycles. The summed E-state index contributed by atoms with van der Waals surface area (Å²) < 4.78 is 4.76. The molecule has 2 fully saturated rings. The minimum absolute atomic E-state index is 0.119. The Kier molecular flexibility index (Phi) is 14.5. The number of likely N-dealkylation sites (N-methyl/N-ethyl adjacent to an activating group) is 1. The Bertz CT molecular complexity index is 2450. The van der Waals surface area contributed by atoms with Gasteiger partial charge in [-0.25, -0.2) is 24.4 Å². The first-order valence-electron chi connectivity index (χ1n) is 22.2. The second kappa shape index (κ2) is 20.6. The number of carbonyl (C=O) groups excluding carboxylic acids is 4. The van der Waals surface area contributed by atoms with Crippen molar-refractivity contribution in [3.05, 3.63) is 108 Å². The molecule has 6 N–H and O–H groups in total. The quantitative estimate of drug-likeness (QED) is 0.0645. The predicted octanol–water partition coefficient (Wildman–Crippen LogP) is 6.88. The third-order valence-electron chi connectivity index (χ3n) is 12.3. The van der Waals surface area contributed by atoms with E-state index in [1.165, 1.54) is 14.2 Å². The van der Waals surface area contributed by atoms with E-state index in [2.05, 4.69) is 43.0 Å². The molecule has 6 amide bonds. The summed E-state index contributed by atoms with van der Waals surface area (Å²) in [5.41, 5.74) is 7.26. The van der Waals surface area contributed by atoms with Crippen LogP contribution < -0.4 is 16.0 Å². The third kappa shape index (κ3) is 10.6. The van der Waals surface area contributed by atoms with Crippen LogP contribution in [0.2, 0.25) is 0 Å². The normalized spacial score (nSPS) is 16.8. The number of benzene rings is 3. The maximum Gasteiger partial charge on any atom is 0.407 e. The van der Waals surface area contributed by atoms with E-state index >= 15 is 0 Å². The number of imidazole rings is 2. The Labute approximate surface area is 378 Å².